The first-order valence-electron chi connectivity index (χ1n) is 4.21. The molecule has 1 saturated carbocycles. The van der Waals surface area contributed by atoms with Gasteiger partial charge in [0.1, 0.15) is 0 Å². The molecule has 2 rings (SSSR count). The van der Waals surface area contributed by atoms with Crippen LogP contribution in [0.4, 0.5) is 0 Å². The molecule has 0 saturated heterocycles. The summed E-state index contributed by atoms with van der Waals surface area (Å²) in [6.45, 7) is 0. The summed E-state index contributed by atoms with van der Waals surface area (Å²) < 4.78 is 0. The first-order valence-corrected chi connectivity index (χ1v) is 4.59. The van der Waals surface area contributed by atoms with Gasteiger partial charge in [-0.3, -0.25) is 0 Å². The summed E-state index contributed by atoms with van der Waals surface area (Å²) in [4.78, 5) is 4.15. The highest BCUT2D eigenvalue weighted by Gasteiger charge is 2.18. The van der Waals surface area contributed by atoms with E-state index in [1.165, 1.54) is 25.7 Å². The zero-order valence-electron chi connectivity index (χ0n) is 6.70. The smallest absolute Gasteiger partial charge is 0.220 e. The number of rotatable bonds is 1. The molecule has 0 bridgehead atoms. The average Bonchev–Trinajstić information content (AvgIpc) is 2.56. The Kier molecular flexibility index (Phi) is 2.21. The predicted octanol–water partition coefficient (Wildman–Crippen LogP) is 2.18. The molecule has 1 fully saturated rings. The van der Waals surface area contributed by atoms with Gasteiger partial charge >= 0.3 is 0 Å². The van der Waals surface area contributed by atoms with Crippen molar-refractivity contribution in [3.05, 3.63) is 17.2 Å². The summed E-state index contributed by atoms with van der Waals surface area (Å²) in [7, 11) is 0. The Hall–Kier alpha value is -0.700. The predicted molar refractivity (Wildman–Crippen MR) is 46.0 cm³/mol. The van der Waals surface area contributed by atoms with Gasteiger partial charge in [-0.05, 0) is 24.4 Å². The molecule has 0 N–H and O–H groups in total. The van der Waals surface area contributed by atoms with Crippen LogP contribution in [0.2, 0.25) is 5.28 Å². The maximum absolute atomic E-state index is 5.64. The van der Waals surface area contributed by atoms with Crippen molar-refractivity contribution in [2.45, 2.75) is 31.6 Å². The molecule has 0 spiro atoms. The fraction of sp³-hybridized carbons (Fsp3) is 0.625. The lowest BCUT2D eigenvalue weighted by Gasteiger charge is -2.05. The van der Waals surface area contributed by atoms with E-state index in [0.717, 1.165) is 5.69 Å². The molecule has 0 aromatic carbocycles. The largest absolute Gasteiger partial charge is 0.243 e. The Morgan fingerprint density at radius 3 is 2.75 bits per heavy atom. The first kappa shape index (κ1) is 7.92. The highest BCUT2D eigenvalue weighted by molar-refractivity contribution is 6.28. The normalized spacial score (nSPS) is 18.4. The Morgan fingerprint density at radius 1 is 1.33 bits per heavy atom. The molecule has 0 radical (unpaired) electrons. The van der Waals surface area contributed by atoms with Gasteiger partial charge in [-0.2, -0.15) is 5.10 Å². The van der Waals surface area contributed by atoms with Crippen molar-refractivity contribution in [2.24, 2.45) is 0 Å². The third kappa shape index (κ3) is 1.55. The van der Waals surface area contributed by atoms with Crippen LogP contribution in [0.25, 0.3) is 0 Å². The molecule has 1 aromatic rings. The van der Waals surface area contributed by atoms with Gasteiger partial charge in [0.2, 0.25) is 5.28 Å². The van der Waals surface area contributed by atoms with Crippen molar-refractivity contribution in [3.63, 3.8) is 0 Å². The van der Waals surface area contributed by atoms with Crippen LogP contribution in [-0.2, 0) is 0 Å². The van der Waals surface area contributed by atoms with Crippen LogP contribution in [0.3, 0.4) is 0 Å². The van der Waals surface area contributed by atoms with E-state index in [4.69, 9.17) is 11.6 Å². The first-order chi connectivity index (χ1) is 5.86. The van der Waals surface area contributed by atoms with Crippen LogP contribution >= 0.6 is 11.6 Å². The van der Waals surface area contributed by atoms with Crippen LogP contribution in [0.5, 0.6) is 0 Å². The third-order valence-electron chi connectivity index (χ3n) is 2.33. The minimum Gasteiger partial charge on any atom is -0.220 e. The second-order valence-corrected chi connectivity index (χ2v) is 3.47. The zero-order valence-corrected chi connectivity index (χ0v) is 7.46. The van der Waals surface area contributed by atoms with Crippen molar-refractivity contribution in [1.29, 1.82) is 0 Å². The van der Waals surface area contributed by atoms with E-state index < -0.39 is 0 Å². The van der Waals surface area contributed by atoms with Crippen molar-refractivity contribution in [2.75, 3.05) is 0 Å². The summed E-state index contributed by atoms with van der Waals surface area (Å²) in [5.74, 6) is 0.568. The minimum atomic E-state index is 0.263. The number of hydrogen-bond donors (Lipinski definition) is 0. The van der Waals surface area contributed by atoms with Gasteiger partial charge in [0.15, 0.2) is 0 Å². The fourth-order valence-electron chi connectivity index (χ4n) is 1.71. The highest BCUT2D eigenvalue weighted by Crippen LogP contribution is 2.32. The van der Waals surface area contributed by atoms with Gasteiger partial charge in [-0.15, -0.1) is 5.10 Å². The molecule has 4 heteroatoms. The SMILES string of the molecule is Clc1nncc(C2CCCC2)n1. The molecule has 0 aliphatic heterocycles. The summed E-state index contributed by atoms with van der Waals surface area (Å²) in [5.41, 5.74) is 1.01. The molecule has 1 heterocycles. The monoisotopic (exact) mass is 183 g/mol. The Balaban J connectivity index is 2.21. The van der Waals surface area contributed by atoms with Crippen LogP contribution < -0.4 is 0 Å². The Morgan fingerprint density at radius 2 is 2.08 bits per heavy atom. The number of halogens is 1. The van der Waals surface area contributed by atoms with E-state index in [1.807, 2.05) is 0 Å². The zero-order chi connectivity index (χ0) is 8.39. The van der Waals surface area contributed by atoms with Crippen LogP contribution in [0.1, 0.15) is 37.3 Å². The lowest BCUT2D eigenvalue weighted by Crippen LogP contribution is -1.99. The van der Waals surface area contributed by atoms with Gasteiger partial charge in [-0.1, -0.05) is 12.8 Å². The quantitative estimate of drug-likeness (QED) is 0.670. The summed E-state index contributed by atoms with van der Waals surface area (Å²) in [5, 5.41) is 7.66. The second-order valence-electron chi connectivity index (χ2n) is 3.13. The van der Waals surface area contributed by atoms with Gasteiger partial charge in [0.05, 0.1) is 11.9 Å². The maximum atomic E-state index is 5.64. The van der Waals surface area contributed by atoms with E-state index in [-0.39, 0.29) is 5.28 Å². The van der Waals surface area contributed by atoms with Crippen molar-refractivity contribution in [1.82, 2.24) is 15.2 Å². The van der Waals surface area contributed by atoms with Crippen molar-refractivity contribution in [3.8, 4) is 0 Å². The topological polar surface area (TPSA) is 38.7 Å². The van der Waals surface area contributed by atoms with Gasteiger partial charge in [-0.25, -0.2) is 4.98 Å². The average molecular weight is 184 g/mol. The molecule has 1 aromatic heterocycles. The number of aromatic nitrogens is 3. The minimum absolute atomic E-state index is 0.263. The van der Waals surface area contributed by atoms with Crippen LogP contribution in [-0.4, -0.2) is 15.2 Å². The van der Waals surface area contributed by atoms with E-state index in [2.05, 4.69) is 15.2 Å². The van der Waals surface area contributed by atoms with Crippen LogP contribution in [0.15, 0.2) is 6.20 Å². The maximum Gasteiger partial charge on any atom is 0.243 e. The molecule has 1 aliphatic carbocycles. The Labute approximate surface area is 76.2 Å². The molecule has 0 amide bonds. The molecule has 12 heavy (non-hydrogen) atoms. The van der Waals surface area contributed by atoms with E-state index >= 15 is 0 Å². The molecule has 64 valence electrons. The van der Waals surface area contributed by atoms with Gasteiger partial charge in [0, 0.05) is 5.92 Å². The molecule has 1 aliphatic rings. The summed E-state index contributed by atoms with van der Waals surface area (Å²) >= 11 is 5.64. The van der Waals surface area contributed by atoms with Gasteiger partial charge in [0.25, 0.3) is 0 Å². The molecule has 0 unspecified atom stereocenters. The summed E-state index contributed by atoms with van der Waals surface area (Å²) in [6.07, 6.45) is 6.75. The molecule has 3 nitrogen and oxygen atoms in total. The van der Waals surface area contributed by atoms with E-state index in [9.17, 15) is 0 Å². The molecular weight excluding hydrogens is 174 g/mol. The molecule has 0 atom stereocenters. The Bertz CT molecular complexity index is 271. The van der Waals surface area contributed by atoms with Crippen LogP contribution in [0, 0.1) is 0 Å². The lowest BCUT2D eigenvalue weighted by molar-refractivity contribution is 0.682. The van der Waals surface area contributed by atoms with E-state index in [1.54, 1.807) is 6.20 Å². The third-order valence-corrected chi connectivity index (χ3v) is 2.49. The standard InChI is InChI=1S/C8H10ClN3/c9-8-11-7(5-10-12-8)6-3-1-2-4-6/h5-6H,1-4H2. The lowest BCUT2D eigenvalue weighted by atomic mass is 10.1. The summed E-state index contributed by atoms with van der Waals surface area (Å²) in [6, 6.07) is 0. The van der Waals surface area contributed by atoms with Crippen molar-refractivity contribution >= 4 is 11.6 Å². The number of hydrogen-bond acceptors (Lipinski definition) is 3. The van der Waals surface area contributed by atoms with Gasteiger partial charge < -0.3 is 0 Å². The second kappa shape index (κ2) is 3.35. The van der Waals surface area contributed by atoms with Crippen molar-refractivity contribution < 1.29 is 0 Å². The molecular formula is C8H10ClN3. The fourth-order valence-corrected chi connectivity index (χ4v) is 1.85. The highest BCUT2D eigenvalue weighted by atomic mass is 35.5. The van der Waals surface area contributed by atoms with E-state index in [0.29, 0.717) is 5.92 Å². The number of nitrogens with zero attached hydrogens (tertiary/aromatic N) is 3.